The minimum atomic E-state index is -1.15. The van der Waals surface area contributed by atoms with Crippen molar-refractivity contribution in [3.63, 3.8) is 0 Å². The normalized spacial score (nSPS) is 10.7. The second-order valence-electron chi connectivity index (χ2n) is 3.20. The molecule has 0 amide bonds. The molecule has 1 aromatic carbocycles. The van der Waals surface area contributed by atoms with E-state index < -0.39 is 5.97 Å². The van der Waals surface area contributed by atoms with Gasteiger partial charge in [0.1, 0.15) is 11.5 Å². The van der Waals surface area contributed by atoms with E-state index in [0.717, 1.165) is 5.52 Å². The van der Waals surface area contributed by atoms with Gasteiger partial charge in [-0.25, -0.2) is 0 Å². The van der Waals surface area contributed by atoms with E-state index >= 15 is 0 Å². The summed E-state index contributed by atoms with van der Waals surface area (Å²) < 4.78 is 3.35. The van der Waals surface area contributed by atoms with Gasteiger partial charge in [0.05, 0.1) is 12.4 Å². The largest absolute Gasteiger partial charge is 0.539 e. The van der Waals surface area contributed by atoms with Crippen molar-refractivity contribution in [2.24, 2.45) is 14.1 Å². The second-order valence-corrected chi connectivity index (χ2v) is 3.20. The second kappa shape index (κ2) is 2.83. The van der Waals surface area contributed by atoms with E-state index in [4.69, 9.17) is 0 Å². The van der Waals surface area contributed by atoms with Crippen molar-refractivity contribution in [1.29, 1.82) is 0 Å². The van der Waals surface area contributed by atoms with Gasteiger partial charge in [0, 0.05) is 0 Å². The van der Waals surface area contributed by atoms with Gasteiger partial charge in [0.25, 0.3) is 5.69 Å². The number of nitrogens with zero attached hydrogens (tertiary/aromatic N) is 2. The molecule has 1 heterocycles. The van der Waals surface area contributed by atoms with Gasteiger partial charge in [-0.1, -0.05) is 12.1 Å². The maximum atomic E-state index is 10.9. The van der Waals surface area contributed by atoms with Crippen LogP contribution in [0, 0.1) is 0 Å². The number of aryl methyl sites for hydroxylation is 1. The number of hydrogen-bond donors (Lipinski definition) is 0. The number of carboxylic acids is 1. The average molecular weight is 190 g/mol. The third-order valence-electron chi connectivity index (χ3n) is 2.47. The number of carbonyl (C=O) groups excluding carboxylic acids is 1. The highest BCUT2D eigenvalue weighted by molar-refractivity contribution is 5.98. The molecular formula is C10H10N2O2. The Morgan fingerprint density at radius 3 is 2.71 bits per heavy atom. The van der Waals surface area contributed by atoms with Gasteiger partial charge in [0.2, 0.25) is 0 Å². The van der Waals surface area contributed by atoms with Crippen LogP contribution in [0.15, 0.2) is 24.3 Å². The number of hydrogen-bond acceptors (Lipinski definition) is 2. The van der Waals surface area contributed by atoms with E-state index in [2.05, 4.69) is 0 Å². The van der Waals surface area contributed by atoms with Gasteiger partial charge >= 0.3 is 0 Å². The van der Waals surface area contributed by atoms with Crippen molar-refractivity contribution in [3.05, 3.63) is 30.0 Å². The Hall–Kier alpha value is -1.84. The first kappa shape index (κ1) is 8.74. The van der Waals surface area contributed by atoms with Crippen molar-refractivity contribution in [3.8, 4) is 0 Å². The summed E-state index contributed by atoms with van der Waals surface area (Å²) in [6, 6.07) is 7.35. The number of carbonyl (C=O) groups is 1. The monoisotopic (exact) mass is 190 g/mol. The predicted octanol–water partition coefficient (Wildman–Crippen LogP) is -0.634. The van der Waals surface area contributed by atoms with Crippen LogP contribution in [0.5, 0.6) is 0 Å². The van der Waals surface area contributed by atoms with Gasteiger partial charge in [0.15, 0.2) is 7.05 Å². The number of benzene rings is 1. The highest BCUT2D eigenvalue weighted by Gasteiger charge is 2.19. The third kappa shape index (κ3) is 1.00. The zero-order chi connectivity index (χ0) is 10.3. The zero-order valence-corrected chi connectivity index (χ0v) is 8.02. The van der Waals surface area contributed by atoms with Crippen LogP contribution in [0.2, 0.25) is 0 Å². The van der Waals surface area contributed by atoms with Gasteiger partial charge in [-0.3, -0.25) is 0 Å². The summed E-state index contributed by atoms with van der Waals surface area (Å²) >= 11 is 0. The molecular weight excluding hydrogens is 180 g/mol. The van der Waals surface area contributed by atoms with Crippen LogP contribution >= 0.6 is 0 Å². The molecule has 14 heavy (non-hydrogen) atoms. The Balaban J connectivity index is 2.95. The van der Waals surface area contributed by atoms with Crippen molar-refractivity contribution in [1.82, 2.24) is 4.68 Å². The predicted molar refractivity (Wildman–Crippen MR) is 48.4 cm³/mol. The third-order valence-corrected chi connectivity index (χ3v) is 2.47. The molecule has 0 aliphatic heterocycles. The maximum Gasteiger partial charge on any atom is 0.261 e. The summed E-state index contributed by atoms with van der Waals surface area (Å²) in [6.07, 6.45) is 0. The zero-order valence-electron chi connectivity index (χ0n) is 8.02. The first-order valence-electron chi connectivity index (χ1n) is 4.28. The molecule has 0 radical (unpaired) electrons. The van der Waals surface area contributed by atoms with Crippen molar-refractivity contribution >= 4 is 16.9 Å². The Bertz CT molecular complexity index is 514. The number of carboxylic acid groups (broad SMARTS) is 1. The number of aromatic carboxylic acids is 1. The highest BCUT2D eigenvalue weighted by Crippen LogP contribution is 2.14. The van der Waals surface area contributed by atoms with E-state index in [1.54, 1.807) is 22.5 Å². The molecule has 0 saturated heterocycles. The molecule has 1 aromatic heterocycles. The van der Waals surface area contributed by atoms with Crippen LogP contribution in [-0.2, 0) is 14.1 Å². The first-order chi connectivity index (χ1) is 6.63. The Morgan fingerprint density at radius 1 is 1.43 bits per heavy atom. The molecule has 72 valence electrons. The fourth-order valence-corrected chi connectivity index (χ4v) is 1.68. The molecule has 0 aliphatic rings. The Morgan fingerprint density at radius 2 is 2.07 bits per heavy atom. The number of fused-ring (bicyclic) bond motifs is 1. The van der Waals surface area contributed by atoms with E-state index in [1.165, 1.54) is 0 Å². The minimum Gasteiger partial charge on any atom is -0.539 e. The smallest absolute Gasteiger partial charge is 0.261 e. The molecule has 2 rings (SSSR count). The summed E-state index contributed by atoms with van der Waals surface area (Å²) in [7, 11) is 3.51. The Labute approximate surface area is 81.0 Å². The van der Waals surface area contributed by atoms with Gasteiger partial charge in [-0.15, -0.1) is 4.68 Å². The molecule has 0 fully saturated rings. The lowest BCUT2D eigenvalue weighted by Crippen LogP contribution is -2.45. The summed E-state index contributed by atoms with van der Waals surface area (Å²) in [5.74, 6) is -1.15. The summed E-state index contributed by atoms with van der Waals surface area (Å²) in [6.45, 7) is 0. The molecule has 0 aliphatic carbocycles. The SMILES string of the molecule is Cn1c2ccccc2c(C(=O)[O-])[n+]1C. The van der Waals surface area contributed by atoms with Crippen LogP contribution in [0.1, 0.15) is 10.5 Å². The van der Waals surface area contributed by atoms with Gasteiger partial charge in [-0.05, 0) is 12.1 Å². The van der Waals surface area contributed by atoms with E-state index in [-0.39, 0.29) is 5.69 Å². The highest BCUT2D eigenvalue weighted by atomic mass is 16.4. The standard InChI is InChI=1S/C10H10N2O2/c1-11-8-6-4-3-5-7(8)9(10(13)14)12(11)2/h3-6H,1-2H3. The Kier molecular flexibility index (Phi) is 1.77. The van der Waals surface area contributed by atoms with Crippen LogP contribution in [0.3, 0.4) is 0 Å². The van der Waals surface area contributed by atoms with Crippen LogP contribution in [0.25, 0.3) is 10.9 Å². The molecule has 4 heteroatoms. The topological polar surface area (TPSA) is 48.9 Å². The van der Waals surface area contributed by atoms with Crippen molar-refractivity contribution in [2.45, 2.75) is 0 Å². The lowest BCUT2D eigenvalue weighted by molar-refractivity contribution is -0.752. The fraction of sp³-hybridized carbons (Fsp3) is 0.200. The van der Waals surface area contributed by atoms with Gasteiger partial charge < -0.3 is 9.90 Å². The van der Waals surface area contributed by atoms with Crippen LogP contribution < -0.4 is 9.79 Å². The molecule has 0 bridgehead atoms. The molecule has 4 nitrogen and oxygen atoms in total. The fourth-order valence-electron chi connectivity index (χ4n) is 1.68. The summed E-state index contributed by atoms with van der Waals surface area (Å²) in [4.78, 5) is 10.9. The number of rotatable bonds is 1. The summed E-state index contributed by atoms with van der Waals surface area (Å²) in [5, 5.41) is 11.6. The van der Waals surface area contributed by atoms with E-state index in [1.807, 2.05) is 25.2 Å². The molecule has 2 aromatic rings. The lowest BCUT2D eigenvalue weighted by atomic mass is 10.2. The molecule has 0 spiro atoms. The lowest BCUT2D eigenvalue weighted by Gasteiger charge is -1.94. The summed E-state index contributed by atoms with van der Waals surface area (Å²) in [5.41, 5.74) is 1.09. The maximum absolute atomic E-state index is 10.9. The molecule has 0 N–H and O–H groups in total. The number of para-hydroxylation sites is 1. The van der Waals surface area contributed by atoms with E-state index in [0.29, 0.717) is 5.39 Å². The average Bonchev–Trinajstić information content (AvgIpc) is 2.41. The van der Waals surface area contributed by atoms with Crippen LogP contribution in [0.4, 0.5) is 0 Å². The van der Waals surface area contributed by atoms with Crippen molar-refractivity contribution < 1.29 is 14.6 Å². The quantitative estimate of drug-likeness (QED) is 0.562. The van der Waals surface area contributed by atoms with Crippen molar-refractivity contribution in [2.75, 3.05) is 0 Å². The molecule has 0 saturated carbocycles. The molecule has 0 unspecified atom stereocenters. The minimum absolute atomic E-state index is 0.211. The first-order valence-corrected chi connectivity index (χ1v) is 4.28. The van der Waals surface area contributed by atoms with Gasteiger partial charge in [-0.2, -0.15) is 4.68 Å². The van der Waals surface area contributed by atoms with E-state index in [9.17, 15) is 9.90 Å². The van der Waals surface area contributed by atoms with Crippen LogP contribution in [-0.4, -0.2) is 10.7 Å². The number of aromatic nitrogens is 2. The molecule has 0 atom stereocenters.